The van der Waals surface area contributed by atoms with Gasteiger partial charge in [-0.1, -0.05) is 12.1 Å². The minimum absolute atomic E-state index is 0.177. The van der Waals surface area contributed by atoms with Gasteiger partial charge >= 0.3 is 0 Å². The van der Waals surface area contributed by atoms with Crippen molar-refractivity contribution in [1.82, 2.24) is 9.97 Å². The Bertz CT molecular complexity index is 760. The third-order valence-electron chi connectivity index (χ3n) is 5.25. The number of anilines is 1. The number of methoxy groups -OCH3 is 1. The molecule has 0 aliphatic carbocycles. The number of nitrogens with zero attached hydrogens (tertiary/aromatic N) is 3. The summed E-state index contributed by atoms with van der Waals surface area (Å²) >= 11 is 0. The molecule has 3 heterocycles. The summed E-state index contributed by atoms with van der Waals surface area (Å²) in [6, 6.07) is 8.13. The van der Waals surface area contributed by atoms with Gasteiger partial charge in [-0.15, -0.1) is 0 Å². The lowest BCUT2D eigenvalue weighted by Gasteiger charge is -2.30. The van der Waals surface area contributed by atoms with Crippen molar-refractivity contribution >= 4 is 5.82 Å². The first-order valence-electron chi connectivity index (χ1n) is 9.25. The van der Waals surface area contributed by atoms with Gasteiger partial charge in [0.05, 0.1) is 19.8 Å². The number of ether oxygens (including phenoxy) is 2. The van der Waals surface area contributed by atoms with Crippen molar-refractivity contribution < 1.29 is 14.6 Å². The molecule has 2 aromatic rings. The van der Waals surface area contributed by atoms with E-state index in [-0.39, 0.29) is 6.10 Å². The lowest BCUT2D eigenvalue weighted by Crippen LogP contribution is -2.36. The molecule has 0 unspecified atom stereocenters. The SMILES string of the molecule is COc1cccc2c1OC[C@@H](Cc1cc(N3CCC(O)CC3)ncn1)C2. The normalized spacial score (nSPS) is 20.4. The molecule has 0 spiro atoms. The minimum Gasteiger partial charge on any atom is -0.493 e. The van der Waals surface area contributed by atoms with Gasteiger partial charge in [-0.05, 0) is 37.3 Å². The van der Waals surface area contributed by atoms with Crippen molar-refractivity contribution in [3.63, 3.8) is 0 Å². The van der Waals surface area contributed by atoms with Gasteiger partial charge in [0.25, 0.3) is 0 Å². The Morgan fingerprint density at radius 1 is 1.27 bits per heavy atom. The second kappa shape index (κ2) is 7.50. The van der Waals surface area contributed by atoms with Crippen LogP contribution in [-0.2, 0) is 12.8 Å². The highest BCUT2D eigenvalue weighted by molar-refractivity contribution is 5.48. The zero-order valence-corrected chi connectivity index (χ0v) is 15.1. The van der Waals surface area contributed by atoms with Crippen LogP contribution in [-0.4, -0.2) is 48.0 Å². The van der Waals surface area contributed by atoms with E-state index >= 15 is 0 Å². The maximum absolute atomic E-state index is 9.68. The van der Waals surface area contributed by atoms with Crippen LogP contribution in [0.4, 0.5) is 5.82 Å². The van der Waals surface area contributed by atoms with Crippen LogP contribution in [0.25, 0.3) is 0 Å². The summed E-state index contributed by atoms with van der Waals surface area (Å²) in [6.07, 6.45) is 4.90. The van der Waals surface area contributed by atoms with Crippen LogP contribution < -0.4 is 14.4 Å². The molecular weight excluding hydrogens is 330 g/mol. The molecule has 4 rings (SSSR count). The molecule has 1 N–H and O–H groups in total. The number of piperidine rings is 1. The Hall–Kier alpha value is -2.34. The van der Waals surface area contributed by atoms with E-state index in [0.29, 0.717) is 12.5 Å². The van der Waals surface area contributed by atoms with E-state index in [4.69, 9.17) is 9.47 Å². The van der Waals surface area contributed by atoms with E-state index in [0.717, 1.165) is 61.8 Å². The van der Waals surface area contributed by atoms with E-state index in [1.54, 1.807) is 13.4 Å². The Morgan fingerprint density at radius 2 is 2.12 bits per heavy atom. The number of hydrogen-bond acceptors (Lipinski definition) is 6. The first kappa shape index (κ1) is 17.1. The average molecular weight is 355 g/mol. The van der Waals surface area contributed by atoms with Crippen LogP contribution in [0.5, 0.6) is 11.5 Å². The number of aromatic nitrogens is 2. The molecule has 0 radical (unpaired) electrons. The summed E-state index contributed by atoms with van der Waals surface area (Å²) < 4.78 is 11.4. The van der Waals surface area contributed by atoms with Crippen molar-refractivity contribution in [3.8, 4) is 11.5 Å². The number of aliphatic hydroxyl groups excluding tert-OH is 1. The maximum Gasteiger partial charge on any atom is 0.164 e. The van der Waals surface area contributed by atoms with Crippen LogP contribution in [0.1, 0.15) is 24.1 Å². The van der Waals surface area contributed by atoms with Crippen LogP contribution in [0.3, 0.4) is 0 Å². The van der Waals surface area contributed by atoms with Crippen molar-refractivity contribution in [1.29, 1.82) is 0 Å². The summed E-state index contributed by atoms with van der Waals surface area (Å²) in [6.45, 7) is 2.36. The van der Waals surface area contributed by atoms with Crippen molar-refractivity contribution in [2.75, 3.05) is 31.7 Å². The monoisotopic (exact) mass is 355 g/mol. The molecular formula is C20H25N3O3. The molecule has 1 fully saturated rings. The Kier molecular flexibility index (Phi) is 4.93. The van der Waals surface area contributed by atoms with Gasteiger partial charge in [0.15, 0.2) is 11.5 Å². The molecule has 1 saturated heterocycles. The first-order chi connectivity index (χ1) is 12.7. The third kappa shape index (κ3) is 3.60. The molecule has 0 saturated carbocycles. The highest BCUT2D eigenvalue weighted by atomic mass is 16.5. The van der Waals surface area contributed by atoms with Gasteiger partial charge in [-0.25, -0.2) is 9.97 Å². The lowest BCUT2D eigenvalue weighted by atomic mass is 9.92. The van der Waals surface area contributed by atoms with Crippen LogP contribution in [0.15, 0.2) is 30.6 Å². The van der Waals surface area contributed by atoms with Gasteiger partial charge in [0, 0.05) is 30.8 Å². The number of fused-ring (bicyclic) bond motifs is 1. The minimum atomic E-state index is -0.177. The van der Waals surface area contributed by atoms with Crippen molar-refractivity contribution in [2.45, 2.75) is 31.8 Å². The standard InChI is InChI=1S/C20H25N3O3/c1-25-18-4-2-3-15-9-14(12-26-20(15)18)10-16-11-19(22-13-21-16)23-7-5-17(24)6-8-23/h2-4,11,13-14,17,24H,5-10,12H2,1H3/t14-/m1/s1. The predicted molar refractivity (Wildman–Crippen MR) is 98.9 cm³/mol. The van der Waals surface area contributed by atoms with E-state index in [9.17, 15) is 5.11 Å². The third-order valence-corrected chi connectivity index (χ3v) is 5.25. The fourth-order valence-corrected chi connectivity index (χ4v) is 3.81. The number of benzene rings is 1. The topological polar surface area (TPSA) is 67.7 Å². The molecule has 138 valence electrons. The van der Waals surface area contributed by atoms with E-state index < -0.39 is 0 Å². The maximum atomic E-state index is 9.68. The van der Waals surface area contributed by atoms with Crippen LogP contribution >= 0.6 is 0 Å². The molecule has 1 aromatic carbocycles. The number of rotatable bonds is 4. The second-order valence-corrected chi connectivity index (χ2v) is 7.12. The van der Waals surface area contributed by atoms with E-state index in [2.05, 4.69) is 27.0 Å². The Labute approximate surface area is 153 Å². The van der Waals surface area contributed by atoms with Gasteiger partial charge < -0.3 is 19.5 Å². The zero-order valence-electron chi connectivity index (χ0n) is 15.1. The molecule has 2 aliphatic heterocycles. The predicted octanol–water partition coefficient (Wildman–Crippen LogP) is 2.24. The van der Waals surface area contributed by atoms with Crippen LogP contribution in [0, 0.1) is 5.92 Å². The Balaban J connectivity index is 1.44. The summed E-state index contributed by atoms with van der Waals surface area (Å²) in [5, 5.41) is 9.68. The second-order valence-electron chi connectivity index (χ2n) is 7.12. The quantitative estimate of drug-likeness (QED) is 0.907. The van der Waals surface area contributed by atoms with E-state index in [1.807, 2.05) is 12.1 Å². The lowest BCUT2D eigenvalue weighted by molar-refractivity contribution is 0.145. The fraction of sp³-hybridized carbons (Fsp3) is 0.500. The largest absolute Gasteiger partial charge is 0.493 e. The van der Waals surface area contributed by atoms with Gasteiger partial charge in [0.1, 0.15) is 12.1 Å². The number of aliphatic hydroxyl groups is 1. The number of hydrogen-bond donors (Lipinski definition) is 1. The molecule has 26 heavy (non-hydrogen) atoms. The molecule has 6 nitrogen and oxygen atoms in total. The summed E-state index contributed by atoms with van der Waals surface area (Å²) in [7, 11) is 1.67. The first-order valence-corrected chi connectivity index (χ1v) is 9.25. The summed E-state index contributed by atoms with van der Waals surface area (Å²) in [4.78, 5) is 11.1. The van der Waals surface area contributed by atoms with Crippen LogP contribution in [0.2, 0.25) is 0 Å². The summed E-state index contributed by atoms with van der Waals surface area (Å²) in [5.74, 6) is 3.03. The number of para-hydroxylation sites is 1. The zero-order chi connectivity index (χ0) is 17.9. The molecule has 6 heteroatoms. The summed E-state index contributed by atoms with van der Waals surface area (Å²) in [5.41, 5.74) is 2.24. The molecule has 0 bridgehead atoms. The molecule has 1 aromatic heterocycles. The van der Waals surface area contributed by atoms with Gasteiger partial charge in [-0.2, -0.15) is 0 Å². The van der Waals surface area contributed by atoms with Crippen molar-refractivity contribution in [3.05, 3.63) is 41.9 Å². The smallest absolute Gasteiger partial charge is 0.164 e. The Morgan fingerprint density at radius 3 is 2.92 bits per heavy atom. The highest BCUT2D eigenvalue weighted by Crippen LogP contribution is 2.36. The highest BCUT2D eigenvalue weighted by Gasteiger charge is 2.24. The van der Waals surface area contributed by atoms with E-state index in [1.165, 1.54) is 5.56 Å². The molecule has 1 atom stereocenters. The average Bonchev–Trinajstić information content (AvgIpc) is 2.68. The molecule has 0 amide bonds. The van der Waals surface area contributed by atoms with Crippen molar-refractivity contribution in [2.24, 2.45) is 5.92 Å². The fourth-order valence-electron chi connectivity index (χ4n) is 3.81. The van der Waals surface area contributed by atoms with Gasteiger partial charge in [0.2, 0.25) is 0 Å². The van der Waals surface area contributed by atoms with Gasteiger partial charge in [-0.3, -0.25) is 0 Å². The molecule has 2 aliphatic rings.